The number of nitrogens with zero attached hydrogens (tertiary/aromatic N) is 2. The molecule has 7 heteroatoms. The first-order chi connectivity index (χ1) is 8.08. The van der Waals surface area contributed by atoms with Crippen LogP contribution in [0.5, 0.6) is 0 Å². The van der Waals surface area contributed by atoms with Gasteiger partial charge in [0.15, 0.2) is 0 Å². The number of azo groups is 1. The maximum Gasteiger partial charge on any atom is 0.452 e. The molecule has 1 aliphatic rings. The van der Waals surface area contributed by atoms with E-state index in [4.69, 9.17) is 9.16 Å². The Morgan fingerprint density at radius 2 is 1.65 bits per heavy atom. The second-order valence-corrected chi connectivity index (χ2v) is 6.61. The number of ether oxygens (including phenoxy) is 1. The summed E-state index contributed by atoms with van der Waals surface area (Å²) in [6.07, 6.45) is 3.35. The van der Waals surface area contributed by atoms with E-state index in [1.165, 1.54) is 6.42 Å². The molecule has 96 valence electrons. The molecule has 0 bridgehead atoms. The summed E-state index contributed by atoms with van der Waals surface area (Å²) >= 11 is 0. The van der Waals surface area contributed by atoms with Crippen molar-refractivity contribution in [1.29, 1.82) is 0 Å². The molecule has 0 unspecified atom stereocenters. The summed E-state index contributed by atoms with van der Waals surface area (Å²) in [5.41, 5.74) is 0. The highest BCUT2D eigenvalue weighted by atomic mass is 28.3. The Morgan fingerprint density at radius 3 is 2.24 bits per heavy atom. The zero-order valence-electron chi connectivity index (χ0n) is 10.2. The third kappa shape index (κ3) is 6.15. The van der Waals surface area contributed by atoms with Gasteiger partial charge in [0.25, 0.3) is 0 Å². The van der Waals surface area contributed by atoms with E-state index in [-0.39, 0.29) is 6.10 Å². The fourth-order valence-electron chi connectivity index (χ4n) is 1.66. The molecule has 0 saturated heterocycles. The lowest BCUT2D eigenvalue weighted by molar-refractivity contribution is 0.0817. The third-order valence-corrected chi connectivity index (χ3v) is 3.04. The Hall–Kier alpha value is -1.24. The molecule has 1 saturated carbocycles. The van der Waals surface area contributed by atoms with Crippen LogP contribution < -0.4 is 0 Å². The molecule has 0 aliphatic heterocycles. The van der Waals surface area contributed by atoms with Crippen molar-refractivity contribution in [2.45, 2.75) is 51.3 Å². The second-order valence-electron chi connectivity index (χ2n) is 4.28. The molecule has 0 aromatic carbocycles. The van der Waals surface area contributed by atoms with Gasteiger partial charge in [-0.25, -0.2) is 9.59 Å². The summed E-state index contributed by atoms with van der Waals surface area (Å²) in [5.74, 6) is 0. The molecule has 2 amide bonds. The summed E-state index contributed by atoms with van der Waals surface area (Å²) < 4.78 is 9.87. The molecule has 0 radical (unpaired) electrons. The molecular formula is C10H18N2O4Si. The summed E-state index contributed by atoms with van der Waals surface area (Å²) in [7, 11) is -1.48. The van der Waals surface area contributed by atoms with Crippen molar-refractivity contribution in [2.24, 2.45) is 10.2 Å². The van der Waals surface area contributed by atoms with Gasteiger partial charge in [0.1, 0.15) is 6.10 Å². The average Bonchev–Trinajstić information content (AvgIpc) is 2.27. The van der Waals surface area contributed by atoms with E-state index in [1.54, 1.807) is 0 Å². The van der Waals surface area contributed by atoms with Gasteiger partial charge in [0.05, 0.1) is 0 Å². The standard InChI is InChI=1S/C10H18N2O4Si/c1-17(2)16-10(14)12-11-9(13)15-8-6-4-3-5-7-8/h8,17H,3-7H2,1-2H3. The molecule has 6 nitrogen and oxygen atoms in total. The average molecular weight is 258 g/mol. The van der Waals surface area contributed by atoms with Crippen molar-refractivity contribution in [1.82, 2.24) is 0 Å². The minimum absolute atomic E-state index is 0.0781. The number of amides is 2. The Labute approximate surface area is 102 Å². The molecule has 0 spiro atoms. The zero-order chi connectivity index (χ0) is 12.7. The lowest BCUT2D eigenvalue weighted by Gasteiger charge is -2.20. The first-order valence-corrected chi connectivity index (χ1v) is 8.69. The minimum Gasteiger partial charge on any atom is -0.504 e. The van der Waals surface area contributed by atoms with Crippen molar-refractivity contribution in [3.63, 3.8) is 0 Å². The SMILES string of the molecule is C[SiH](C)OC(=O)N=NC(=O)OC1CCCCC1. The zero-order valence-corrected chi connectivity index (χ0v) is 11.4. The van der Waals surface area contributed by atoms with Gasteiger partial charge < -0.3 is 9.16 Å². The normalized spacial score (nSPS) is 17.4. The first-order valence-electron chi connectivity index (χ1n) is 5.91. The van der Waals surface area contributed by atoms with Crippen LogP contribution in [0.1, 0.15) is 32.1 Å². The molecule has 0 N–H and O–H groups in total. The number of carbonyl (C=O) groups is 2. The highest BCUT2D eigenvalue weighted by Crippen LogP contribution is 2.20. The minimum atomic E-state index is -1.48. The van der Waals surface area contributed by atoms with Crippen LogP contribution in [-0.4, -0.2) is 27.3 Å². The van der Waals surface area contributed by atoms with Crippen LogP contribution in [0.2, 0.25) is 13.1 Å². The number of hydrogen-bond donors (Lipinski definition) is 0. The van der Waals surface area contributed by atoms with E-state index in [1.807, 2.05) is 13.1 Å². The summed E-state index contributed by atoms with van der Waals surface area (Å²) in [5, 5.41) is 6.34. The van der Waals surface area contributed by atoms with E-state index in [0.717, 1.165) is 25.7 Å². The van der Waals surface area contributed by atoms with Crippen LogP contribution in [0.15, 0.2) is 10.2 Å². The number of hydrogen-bond acceptors (Lipinski definition) is 4. The van der Waals surface area contributed by atoms with Gasteiger partial charge in [-0.05, 0) is 38.8 Å². The van der Waals surface area contributed by atoms with Crippen LogP contribution in [0.3, 0.4) is 0 Å². The molecule has 17 heavy (non-hydrogen) atoms. The first kappa shape index (κ1) is 13.8. The monoisotopic (exact) mass is 258 g/mol. The van der Waals surface area contributed by atoms with E-state index >= 15 is 0 Å². The van der Waals surface area contributed by atoms with E-state index in [2.05, 4.69) is 10.2 Å². The van der Waals surface area contributed by atoms with Crippen LogP contribution >= 0.6 is 0 Å². The van der Waals surface area contributed by atoms with Crippen LogP contribution in [-0.2, 0) is 9.16 Å². The molecule has 0 atom stereocenters. The van der Waals surface area contributed by atoms with Gasteiger partial charge in [-0.15, -0.1) is 0 Å². The van der Waals surface area contributed by atoms with Gasteiger partial charge in [-0.3, -0.25) is 0 Å². The Bertz CT molecular complexity index is 301. The smallest absolute Gasteiger partial charge is 0.452 e. The van der Waals surface area contributed by atoms with Gasteiger partial charge in [0.2, 0.25) is 9.04 Å². The number of rotatable bonds is 2. The van der Waals surface area contributed by atoms with Gasteiger partial charge in [-0.2, -0.15) is 0 Å². The van der Waals surface area contributed by atoms with Crippen molar-refractivity contribution >= 4 is 21.2 Å². The van der Waals surface area contributed by atoms with E-state index in [9.17, 15) is 9.59 Å². The van der Waals surface area contributed by atoms with Crippen molar-refractivity contribution in [3.8, 4) is 0 Å². The molecule has 1 rings (SSSR count). The van der Waals surface area contributed by atoms with E-state index < -0.39 is 21.2 Å². The highest BCUT2D eigenvalue weighted by Gasteiger charge is 2.17. The quantitative estimate of drug-likeness (QED) is 0.563. The summed E-state index contributed by atoms with van der Waals surface area (Å²) in [4.78, 5) is 22.2. The fraction of sp³-hybridized carbons (Fsp3) is 0.800. The highest BCUT2D eigenvalue weighted by molar-refractivity contribution is 6.50. The predicted octanol–water partition coefficient (Wildman–Crippen LogP) is 3.03. The topological polar surface area (TPSA) is 77.3 Å². The Balaban J connectivity index is 2.28. The maximum absolute atomic E-state index is 11.2. The summed E-state index contributed by atoms with van der Waals surface area (Å²) in [6.45, 7) is 3.65. The van der Waals surface area contributed by atoms with Crippen molar-refractivity contribution in [2.75, 3.05) is 0 Å². The third-order valence-electron chi connectivity index (χ3n) is 2.37. The van der Waals surface area contributed by atoms with Gasteiger partial charge >= 0.3 is 12.2 Å². The lowest BCUT2D eigenvalue weighted by atomic mass is 9.98. The van der Waals surface area contributed by atoms with Gasteiger partial charge in [-0.1, -0.05) is 16.6 Å². The molecular weight excluding hydrogens is 240 g/mol. The largest absolute Gasteiger partial charge is 0.504 e. The molecule has 0 aromatic heterocycles. The van der Waals surface area contributed by atoms with Crippen LogP contribution in [0.25, 0.3) is 0 Å². The Kier molecular flexibility index (Phi) is 5.82. The fourth-order valence-corrected chi connectivity index (χ4v) is 2.11. The molecule has 1 aliphatic carbocycles. The van der Waals surface area contributed by atoms with Crippen molar-refractivity contribution in [3.05, 3.63) is 0 Å². The van der Waals surface area contributed by atoms with E-state index in [0.29, 0.717) is 0 Å². The Morgan fingerprint density at radius 1 is 1.06 bits per heavy atom. The molecule has 0 heterocycles. The number of carbonyl (C=O) groups excluding carboxylic acids is 2. The summed E-state index contributed by atoms with van der Waals surface area (Å²) in [6, 6.07) is 0. The molecule has 1 fully saturated rings. The maximum atomic E-state index is 11.2. The molecule has 0 aromatic rings. The van der Waals surface area contributed by atoms with Crippen molar-refractivity contribution < 1.29 is 18.8 Å². The van der Waals surface area contributed by atoms with Gasteiger partial charge in [0, 0.05) is 0 Å². The second kappa shape index (κ2) is 7.15. The predicted molar refractivity (Wildman–Crippen MR) is 63.6 cm³/mol. The van der Waals surface area contributed by atoms with Crippen LogP contribution in [0.4, 0.5) is 9.59 Å². The lowest BCUT2D eigenvalue weighted by Crippen LogP contribution is -2.19. The van der Waals surface area contributed by atoms with Crippen LogP contribution in [0, 0.1) is 0 Å².